The summed E-state index contributed by atoms with van der Waals surface area (Å²) in [6.45, 7) is 12.7. The van der Waals surface area contributed by atoms with E-state index in [1.54, 1.807) is 6.92 Å². The van der Waals surface area contributed by atoms with Gasteiger partial charge in [0, 0.05) is 5.97 Å². The van der Waals surface area contributed by atoms with E-state index in [4.69, 9.17) is 0 Å². The predicted molar refractivity (Wildman–Crippen MR) is 71.6 cm³/mol. The summed E-state index contributed by atoms with van der Waals surface area (Å²) in [4.78, 5) is 9.49. The molecule has 0 amide bonds. The molecule has 0 N–H and O–H groups in total. The molecule has 0 aromatic heterocycles. The zero-order valence-corrected chi connectivity index (χ0v) is 12.4. The summed E-state index contributed by atoms with van der Waals surface area (Å²) in [6.07, 6.45) is 4.80. The van der Waals surface area contributed by atoms with Gasteiger partial charge in [0.25, 0.3) is 0 Å². The molecular weight excluding hydrogens is 214 g/mol. The van der Waals surface area contributed by atoms with Crippen molar-refractivity contribution in [2.75, 3.05) is 26.7 Å². The van der Waals surface area contributed by atoms with Crippen LogP contribution >= 0.6 is 0 Å². The molecular formula is C14H31NO2. The highest BCUT2D eigenvalue weighted by Crippen LogP contribution is 2.06. The van der Waals surface area contributed by atoms with Gasteiger partial charge in [-0.25, -0.2) is 0 Å². The molecule has 0 bridgehead atoms. The van der Waals surface area contributed by atoms with Crippen molar-refractivity contribution in [1.82, 2.24) is 0 Å². The third-order valence-electron chi connectivity index (χ3n) is 2.74. The lowest BCUT2D eigenvalue weighted by Gasteiger charge is -2.33. The zero-order chi connectivity index (χ0) is 13.7. The maximum atomic E-state index is 9.49. The predicted octanol–water partition coefficient (Wildman–Crippen LogP) is 2.20. The molecule has 3 nitrogen and oxygen atoms in total. The maximum absolute atomic E-state index is 9.49. The van der Waals surface area contributed by atoms with Gasteiger partial charge in [-0.1, -0.05) is 34.1 Å². The van der Waals surface area contributed by atoms with Crippen molar-refractivity contribution in [2.24, 2.45) is 0 Å². The topological polar surface area (TPSA) is 40.1 Å². The van der Waals surface area contributed by atoms with Crippen LogP contribution in [0.2, 0.25) is 0 Å². The van der Waals surface area contributed by atoms with Gasteiger partial charge in [0.1, 0.15) is 0 Å². The minimum Gasteiger partial charge on any atom is -0.550 e. The maximum Gasteiger partial charge on any atom is 0.0781 e. The largest absolute Gasteiger partial charge is 0.550 e. The first-order valence-corrected chi connectivity index (χ1v) is 6.99. The standard InChI is InChI=1S/C10H24N.C4H8O2/c1-5-8-11(4,9-6-2)10-7-3;1-2-3-4(5)6/h5-10H2,1-4H3;2-3H2,1H3,(H,5,6)/q+1;/p-1. The third-order valence-corrected chi connectivity index (χ3v) is 2.74. The SMILES string of the molecule is CCCC(=O)[O-].CCC[N+](C)(CCC)CCC. The third kappa shape index (κ3) is 13.4. The van der Waals surface area contributed by atoms with E-state index < -0.39 is 5.97 Å². The number of nitrogens with zero attached hydrogens (tertiary/aromatic N) is 1. The Bertz CT molecular complexity index is 164. The van der Waals surface area contributed by atoms with Crippen LogP contribution in [0.3, 0.4) is 0 Å². The molecule has 0 atom stereocenters. The van der Waals surface area contributed by atoms with E-state index in [1.165, 1.54) is 43.4 Å². The Balaban J connectivity index is 0. The van der Waals surface area contributed by atoms with Crippen LogP contribution in [0.5, 0.6) is 0 Å². The molecule has 0 saturated heterocycles. The van der Waals surface area contributed by atoms with Gasteiger partial charge in [-0.3, -0.25) is 0 Å². The number of carboxylic acid groups (broad SMARTS) is 1. The summed E-state index contributed by atoms with van der Waals surface area (Å²) < 4.78 is 1.28. The van der Waals surface area contributed by atoms with E-state index in [1.807, 2.05) is 0 Å². The highest BCUT2D eigenvalue weighted by molar-refractivity contribution is 5.63. The van der Waals surface area contributed by atoms with Crippen molar-refractivity contribution in [3.05, 3.63) is 0 Å². The minimum atomic E-state index is -0.961. The molecule has 0 aromatic rings. The molecule has 0 saturated carbocycles. The molecule has 0 aliphatic heterocycles. The first-order valence-electron chi connectivity index (χ1n) is 6.99. The fraction of sp³-hybridized carbons (Fsp3) is 0.929. The first kappa shape index (κ1) is 18.8. The molecule has 0 fully saturated rings. The number of hydrogen-bond donors (Lipinski definition) is 0. The summed E-state index contributed by atoms with van der Waals surface area (Å²) in [5.41, 5.74) is 0. The number of rotatable bonds is 8. The van der Waals surface area contributed by atoms with Crippen molar-refractivity contribution in [2.45, 2.75) is 59.8 Å². The quantitative estimate of drug-likeness (QED) is 0.615. The van der Waals surface area contributed by atoms with Gasteiger partial charge < -0.3 is 14.4 Å². The molecule has 0 unspecified atom stereocenters. The van der Waals surface area contributed by atoms with E-state index in [0.717, 1.165) is 0 Å². The lowest BCUT2D eigenvalue weighted by molar-refractivity contribution is -0.909. The summed E-state index contributed by atoms with van der Waals surface area (Å²) in [7, 11) is 2.39. The Kier molecular flexibility index (Phi) is 13.2. The van der Waals surface area contributed by atoms with E-state index in [0.29, 0.717) is 6.42 Å². The minimum absolute atomic E-state index is 0.181. The molecule has 3 heteroatoms. The second-order valence-corrected chi connectivity index (χ2v) is 4.91. The van der Waals surface area contributed by atoms with Gasteiger partial charge in [-0.2, -0.15) is 0 Å². The zero-order valence-electron chi connectivity index (χ0n) is 12.4. The molecule has 0 aromatic carbocycles. The van der Waals surface area contributed by atoms with Crippen LogP contribution in [-0.2, 0) is 4.79 Å². The van der Waals surface area contributed by atoms with Gasteiger partial charge in [-0.05, 0) is 25.7 Å². The molecule has 0 spiro atoms. The summed E-state index contributed by atoms with van der Waals surface area (Å²) in [6, 6.07) is 0. The monoisotopic (exact) mass is 245 g/mol. The second-order valence-electron chi connectivity index (χ2n) is 4.91. The molecule has 0 aliphatic rings. The Labute approximate surface area is 107 Å². The van der Waals surface area contributed by atoms with Crippen molar-refractivity contribution < 1.29 is 14.4 Å². The van der Waals surface area contributed by atoms with E-state index in [2.05, 4.69) is 27.8 Å². The first-order chi connectivity index (χ1) is 7.95. The number of carbonyl (C=O) groups excluding carboxylic acids is 1. The number of aliphatic carboxylic acids is 1. The molecule has 0 radical (unpaired) electrons. The summed E-state index contributed by atoms with van der Waals surface area (Å²) in [5, 5.41) is 9.49. The van der Waals surface area contributed by atoms with E-state index in [-0.39, 0.29) is 6.42 Å². The van der Waals surface area contributed by atoms with Crippen LogP contribution in [0.4, 0.5) is 0 Å². The molecule has 104 valence electrons. The lowest BCUT2D eigenvalue weighted by Crippen LogP contribution is -2.45. The molecule has 17 heavy (non-hydrogen) atoms. The van der Waals surface area contributed by atoms with Gasteiger partial charge in [0.2, 0.25) is 0 Å². The smallest absolute Gasteiger partial charge is 0.0781 e. The number of hydrogen-bond acceptors (Lipinski definition) is 2. The fourth-order valence-electron chi connectivity index (χ4n) is 2.16. The average Bonchev–Trinajstić information content (AvgIpc) is 2.19. The summed E-state index contributed by atoms with van der Waals surface area (Å²) >= 11 is 0. The molecule has 0 rings (SSSR count). The van der Waals surface area contributed by atoms with Gasteiger partial charge >= 0.3 is 0 Å². The van der Waals surface area contributed by atoms with Crippen LogP contribution in [-0.4, -0.2) is 37.1 Å². The molecule has 0 aliphatic carbocycles. The van der Waals surface area contributed by atoms with Crippen molar-refractivity contribution in [1.29, 1.82) is 0 Å². The van der Waals surface area contributed by atoms with Gasteiger partial charge in [-0.15, -0.1) is 0 Å². The second kappa shape index (κ2) is 11.9. The Morgan fingerprint density at radius 2 is 1.24 bits per heavy atom. The lowest BCUT2D eigenvalue weighted by atomic mass is 10.2. The highest BCUT2D eigenvalue weighted by Gasteiger charge is 2.16. The van der Waals surface area contributed by atoms with Crippen LogP contribution < -0.4 is 5.11 Å². The molecule has 0 heterocycles. The normalized spacial score (nSPS) is 10.6. The van der Waals surface area contributed by atoms with Crippen LogP contribution in [0.15, 0.2) is 0 Å². The van der Waals surface area contributed by atoms with Crippen molar-refractivity contribution in [3.63, 3.8) is 0 Å². The number of carbonyl (C=O) groups is 1. The Hall–Kier alpha value is -0.570. The number of carboxylic acids is 1. The van der Waals surface area contributed by atoms with E-state index in [9.17, 15) is 9.90 Å². The summed E-state index contributed by atoms with van der Waals surface area (Å²) in [5.74, 6) is -0.961. The van der Waals surface area contributed by atoms with Crippen molar-refractivity contribution >= 4 is 5.97 Å². The van der Waals surface area contributed by atoms with Crippen LogP contribution in [0, 0.1) is 0 Å². The Morgan fingerprint density at radius 1 is 0.882 bits per heavy atom. The van der Waals surface area contributed by atoms with Crippen molar-refractivity contribution in [3.8, 4) is 0 Å². The highest BCUT2D eigenvalue weighted by atomic mass is 16.4. The number of quaternary nitrogens is 1. The Morgan fingerprint density at radius 3 is 1.35 bits per heavy atom. The van der Waals surface area contributed by atoms with Gasteiger partial charge in [0.05, 0.1) is 26.7 Å². The van der Waals surface area contributed by atoms with Gasteiger partial charge in [0.15, 0.2) is 0 Å². The van der Waals surface area contributed by atoms with E-state index >= 15 is 0 Å². The average molecular weight is 245 g/mol. The fourth-order valence-corrected chi connectivity index (χ4v) is 2.16. The van der Waals surface area contributed by atoms with Crippen LogP contribution in [0.1, 0.15) is 59.8 Å². The van der Waals surface area contributed by atoms with Crippen LogP contribution in [0.25, 0.3) is 0 Å².